The van der Waals surface area contributed by atoms with Crippen LogP contribution in [-0.4, -0.2) is 48.5 Å². The van der Waals surface area contributed by atoms with E-state index in [0.717, 1.165) is 24.0 Å². The maximum atomic E-state index is 13.3. The molecule has 2 aromatic rings. The highest BCUT2D eigenvalue weighted by atomic mass is 16.5. The number of amides is 3. The van der Waals surface area contributed by atoms with Gasteiger partial charge in [-0.1, -0.05) is 60.7 Å². The molecular weight excluding hydrogens is 406 g/mol. The van der Waals surface area contributed by atoms with Crippen LogP contribution in [0.2, 0.25) is 0 Å². The molecule has 1 heterocycles. The molecule has 3 rings (SSSR count). The van der Waals surface area contributed by atoms with E-state index in [9.17, 15) is 14.4 Å². The predicted octanol–water partition coefficient (Wildman–Crippen LogP) is 2.90. The lowest BCUT2D eigenvalue weighted by Gasteiger charge is -2.34. The molecule has 3 amide bonds. The van der Waals surface area contributed by atoms with Crippen molar-refractivity contribution in [3.8, 4) is 0 Å². The molecule has 1 saturated heterocycles. The Labute approximate surface area is 189 Å². The molecule has 0 bridgehead atoms. The number of rotatable bonds is 8. The molecule has 0 saturated carbocycles. The van der Waals surface area contributed by atoms with Gasteiger partial charge in [-0.2, -0.15) is 0 Å². The Morgan fingerprint density at radius 1 is 0.969 bits per heavy atom. The molecule has 32 heavy (non-hydrogen) atoms. The minimum absolute atomic E-state index is 0.0374. The quantitative estimate of drug-likeness (QED) is 0.665. The second kappa shape index (κ2) is 11.9. The van der Waals surface area contributed by atoms with Crippen LogP contribution < -0.4 is 10.6 Å². The molecule has 1 unspecified atom stereocenters. The van der Waals surface area contributed by atoms with E-state index in [1.54, 1.807) is 4.90 Å². The average Bonchev–Trinajstić information content (AvgIpc) is 2.82. The summed E-state index contributed by atoms with van der Waals surface area (Å²) < 4.78 is 5.34. The van der Waals surface area contributed by atoms with Crippen LogP contribution in [0.25, 0.3) is 0 Å². The van der Waals surface area contributed by atoms with Crippen molar-refractivity contribution in [3.05, 3.63) is 71.8 Å². The van der Waals surface area contributed by atoms with Gasteiger partial charge >= 0.3 is 6.09 Å². The molecule has 1 aliphatic rings. The van der Waals surface area contributed by atoms with Crippen LogP contribution >= 0.6 is 0 Å². The van der Waals surface area contributed by atoms with Crippen molar-refractivity contribution >= 4 is 17.9 Å². The standard InChI is InChI=1S/C25H31N3O4/c1-19(29)26-17-21-12-14-28(15-13-21)24(30)23(16-20-8-4-2-5-9-20)27-25(31)32-18-22-10-6-3-7-11-22/h2-11,21,23H,12-18H2,1H3,(H,26,29)(H,27,31). The summed E-state index contributed by atoms with van der Waals surface area (Å²) in [4.78, 5) is 38.7. The summed E-state index contributed by atoms with van der Waals surface area (Å²) in [7, 11) is 0. The third kappa shape index (κ3) is 7.41. The van der Waals surface area contributed by atoms with Crippen molar-refractivity contribution < 1.29 is 19.1 Å². The molecule has 7 heteroatoms. The number of likely N-dealkylation sites (tertiary alicyclic amines) is 1. The highest BCUT2D eigenvalue weighted by Crippen LogP contribution is 2.18. The van der Waals surface area contributed by atoms with Crippen LogP contribution in [-0.2, 0) is 27.4 Å². The SMILES string of the molecule is CC(=O)NCC1CCN(C(=O)C(Cc2ccccc2)NC(=O)OCc2ccccc2)CC1. The lowest BCUT2D eigenvalue weighted by molar-refractivity contribution is -0.135. The van der Waals surface area contributed by atoms with Gasteiger partial charge in [-0.3, -0.25) is 9.59 Å². The highest BCUT2D eigenvalue weighted by molar-refractivity contribution is 5.86. The molecule has 1 atom stereocenters. The van der Waals surface area contributed by atoms with Crippen molar-refractivity contribution in [1.29, 1.82) is 0 Å². The van der Waals surface area contributed by atoms with Gasteiger partial charge in [-0.05, 0) is 29.9 Å². The van der Waals surface area contributed by atoms with Crippen molar-refractivity contribution in [1.82, 2.24) is 15.5 Å². The van der Waals surface area contributed by atoms with E-state index in [4.69, 9.17) is 4.74 Å². The Kier molecular flexibility index (Phi) is 8.66. The fraction of sp³-hybridized carbons (Fsp3) is 0.400. The van der Waals surface area contributed by atoms with Gasteiger partial charge in [0.05, 0.1) is 0 Å². The van der Waals surface area contributed by atoms with Crippen molar-refractivity contribution in [2.45, 2.75) is 38.8 Å². The minimum atomic E-state index is -0.701. The summed E-state index contributed by atoms with van der Waals surface area (Å²) in [6.45, 7) is 3.50. The van der Waals surface area contributed by atoms with Crippen LogP contribution in [0.5, 0.6) is 0 Å². The van der Waals surface area contributed by atoms with Crippen LogP contribution in [0.1, 0.15) is 30.9 Å². The number of alkyl carbamates (subject to hydrolysis) is 1. The van der Waals surface area contributed by atoms with E-state index in [1.165, 1.54) is 6.92 Å². The first kappa shape index (κ1) is 23.3. The van der Waals surface area contributed by atoms with Gasteiger partial charge in [0.15, 0.2) is 0 Å². The summed E-state index contributed by atoms with van der Waals surface area (Å²) in [6, 6.07) is 18.4. The molecule has 0 spiro atoms. The zero-order valence-corrected chi connectivity index (χ0v) is 18.5. The third-order valence-corrected chi connectivity index (χ3v) is 5.65. The van der Waals surface area contributed by atoms with E-state index in [0.29, 0.717) is 32.0 Å². The van der Waals surface area contributed by atoms with Crippen molar-refractivity contribution in [2.75, 3.05) is 19.6 Å². The Hall–Kier alpha value is -3.35. The third-order valence-electron chi connectivity index (χ3n) is 5.65. The summed E-state index contributed by atoms with van der Waals surface area (Å²) in [6.07, 6.45) is 1.43. The van der Waals surface area contributed by atoms with Gasteiger partial charge in [0, 0.05) is 33.0 Å². The largest absolute Gasteiger partial charge is 0.445 e. The molecule has 7 nitrogen and oxygen atoms in total. The summed E-state index contributed by atoms with van der Waals surface area (Å²) in [5.74, 6) is 0.215. The van der Waals surface area contributed by atoms with E-state index in [2.05, 4.69) is 10.6 Å². The number of carbonyl (C=O) groups is 3. The molecule has 0 radical (unpaired) electrons. The molecule has 1 fully saturated rings. The van der Waals surface area contributed by atoms with Gasteiger partial charge < -0.3 is 20.3 Å². The molecule has 0 aromatic heterocycles. The molecule has 2 N–H and O–H groups in total. The predicted molar refractivity (Wildman–Crippen MR) is 122 cm³/mol. The Balaban J connectivity index is 1.58. The fourth-order valence-electron chi connectivity index (χ4n) is 3.82. The Bertz CT molecular complexity index is 881. The van der Waals surface area contributed by atoms with Crippen molar-refractivity contribution in [3.63, 3.8) is 0 Å². The lowest BCUT2D eigenvalue weighted by atomic mass is 9.95. The Morgan fingerprint density at radius 3 is 2.16 bits per heavy atom. The zero-order valence-electron chi connectivity index (χ0n) is 18.5. The van der Waals surface area contributed by atoms with Gasteiger partial charge in [0.1, 0.15) is 12.6 Å². The molecule has 2 aromatic carbocycles. The van der Waals surface area contributed by atoms with Crippen molar-refractivity contribution in [2.24, 2.45) is 5.92 Å². The van der Waals surface area contributed by atoms with Gasteiger partial charge in [0.2, 0.25) is 11.8 Å². The maximum Gasteiger partial charge on any atom is 0.408 e. The molecule has 170 valence electrons. The highest BCUT2D eigenvalue weighted by Gasteiger charge is 2.30. The number of nitrogens with one attached hydrogen (secondary N) is 2. The second-order valence-corrected chi connectivity index (χ2v) is 8.15. The van der Waals surface area contributed by atoms with E-state index in [-0.39, 0.29) is 18.4 Å². The average molecular weight is 438 g/mol. The van der Waals surface area contributed by atoms with Gasteiger partial charge in [-0.25, -0.2) is 4.79 Å². The Morgan fingerprint density at radius 2 is 1.56 bits per heavy atom. The number of nitrogens with zero attached hydrogens (tertiary/aromatic N) is 1. The first-order valence-electron chi connectivity index (χ1n) is 11.1. The number of hydrogen-bond donors (Lipinski definition) is 2. The van der Waals surface area contributed by atoms with E-state index < -0.39 is 12.1 Å². The van der Waals surface area contributed by atoms with Gasteiger partial charge in [-0.15, -0.1) is 0 Å². The molecular formula is C25H31N3O4. The number of piperidine rings is 1. The smallest absolute Gasteiger partial charge is 0.408 e. The van der Waals surface area contributed by atoms with Crippen LogP contribution in [0.15, 0.2) is 60.7 Å². The van der Waals surface area contributed by atoms with Crippen LogP contribution in [0.3, 0.4) is 0 Å². The summed E-state index contributed by atoms with van der Waals surface area (Å²) in [5, 5.41) is 5.63. The second-order valence-electron chi connectivity index (χ2n) is 8.15. The first-order chi connectivity index (χ1) is 15.5. The summed E-state index contributed by atoms with van der Waals surface area (Å²) >= 11 is 0. The number of hydrogen-bond acceptors (Lipinski definition) is 4. The number of ether oxygens (including phenoxy) is 1. The van der Waals surface area contributed by atoms with Gasteiger partial charge in [0.25, 0.3) is 0 Å². The monoisotopic (exact) mass is 437 g/mol. The topological polar surface area (TPSA) is 87.7 Å². The zero-order chi connectivity index (χ0) is 22.8. The molecule has 0 aliphatic carbocycles. The molecule has 1 aliphatic heterocycles. The summed E-state index contributed by atoms with van der Waals surface area (Å²) in [5.41, 5.74) is 1.85. The normalized spacial score (nSPS) is 15.0. The van der Waals surface area contributed by atoms with E-state index in [1.807, 2.05) is 60.7 Å². The van der Waals surface area contributed by atoms with Crippen LogP contribution in [0.4, 0.5) is 4.79 Å². The fourth-order valence-corrected chi connectivity index (χ4v) is 3.82. The van der Waals surface area contributed by atoms with E-state index >= 15 is 0 Å². The first-order valence-corrected chi connectivity index (χ1v) is 11.1. The number of carbonyl (C=O) groups excluding carboxylic acids is 3. The minimum Gasteiger partial charge on any atom is -0.445 e. The number of benzene rings is 2. The lowest BCUT2D eigenvalue weighted by Crippen LogP contribution is -2.52. The maximum absolute atomic E-state index is 13.3. The van der Waals surface area contributed by atoms with Crippen LogP contribution in [0, 0.1) is 5.92 Å².